The molecule has 0 spiro atoms. The van der Waals surface area contributed by atoms with Crippen molar-refractivity contribution >= 4 is 17.7 Å². The number of benzene rings is 1. The summed E-state index contributed by atoms with van der Waals surface area (Å²) in [6.07, 6.45) is 0. The zero-order valence-electron chi connectivity index (χ0n) is 12.5. The SMILES string of the molecule is Cc1ccccc1N(C)C(=O)N(CC(=O)O)CC(C)C. The zero-order chi connectivity index (χ0) is 15.3. The van der Waals surface area contributed by atoms with Gasteiger partial charge in [0.25, 0.3) is 0 Å². The van der Waals surface area contributed by atoms with Crippen LogP contribution in [0.3, 0.4) is 0 Å². The van der Waals surface area contributed by atoms with Gasteiger partial charge in [-0.25, -0.2) is 4.79 Å². The molecule has 5 heteroatoms. The van der Waals surface area contributed by atoms with E-state index in [-0.39, 0.29) is 18.5 Å². The molecule has 0 aliphatic carbocycles. The van der Waals surface area contributed by atoms with Gasteiger partial charge in [0.05, 0.1) is 0 Å². The average molecular weight is 278 g/mol. The number of aryl methyl sites for hydroxylation is 1. The van der Waals surface area contributed by atoms with Crippen molar-refractivity contribution in [2.24, 2.45) is 5.92 Å². The van der Waals surface area contributed by atoms with Gasteiger partial charge in [0.1, 0.15) is 6.54 Å². The predicted molar refractivity (Wildman–Crippen MR) is 79.0 cm³/mol. The summed E-state index contributed by atoms with van der Waals surface area (Å²) in [5, 5.41) is 8.94. The van der Waals surface area contributed by atoms with E-state index in [0.29, 0.717) is 6.54 Å². The number of amides is 2. The first-order valence-corrected chi connectivity index (χ1v) is 6.63. The van der Waals surface area contributed by atoms with Crippen LogP contribution in [-0.4, -0.2) is 42.1 Å². The molecule has 1 rings (SSSR count). The van der Waals surface area contributed by atoms with Crippen LogP contribution in [0.1, 0.15) is 19.4 Å². The number of rotatable bonds is 5. The second-order valence-corrected chi connectivity index (χ2v) is 5.30. The standard InChI is InChI=1S/C15H22N2O3/c1-11(2)9-17(10-14(18)19)15(20)16(4)13-8-6-5-7-12(13)3/h5-8,11H,9-10H2,1-4H3,(H,18,19). The number of aliphatic carboxylic acids is 1. The lowest BCUT2D eigenvalue weighted by molar-refractivity contribution is -0.137. The van der Waals surface area contributed by atoms with Crippen molar-refractivity contribution in [2.75, 3.05) is 25.0 Å². The van der Waals surface area contributed by atoms with E-state index in [0.717, 1.165) is 11.3 Å². The van der Waals surface area contributed by atoms with Gasteiger partial charge in [-0.3, -0.25) is 9.69 Å². The van der Waals surface area contributed by atoms with E-state index in [1.165, 1.54) is 9.80 Å². The second-order valence-electron chi connectivity index (χ2n) is 5.30. The van der Waals surface area contributed by atoms with Crippen LogP contribution in [0.5, 0.6) is 0 Å². The number of para-hydroxylation sites is 1. The summed E-state index contributed by atoms with van der Waals surface area (Å²) in [5.74, 6) is -0.791. The monoisotopic (exact) mass is 278 g/mol. The molecule has 1 N–H and O–H groups in total. The van der Waals surface area contributed by atoms with Crippen molar-refractivity contribution in [3.05, 3.63) is 29.8 Å². The van der Waals surface area contributed by atoms with Gasteiger partial charge in [0.2, 0.25) is 0 Å². The maximum absolute atomic E-state index is 12.5. The predicted octanol–water partition coefficient (Wildman–Crippen LogP) is 2.59. The summed E-state index contributed by atoms with van der Waals surface area (Å²) in [7, 11) is 1.67. The number of carbonyl (C=O) groups excluding carboxylic acids is 1. The Hall–Kier alpha value is -2.04. The van der Waals surface area contributed by atoms with E-state index in [2.05, 4.69) is 0 Å². The molecule has 0 unspecified atom stereocenters. The fourth-order valence-electron chi connectivity index (χ4n) is 2.07. The summed E-state index contributed by atoms with van der Waals surface area (Å²) < 4.78 is 0. The Morgan fingerprint density at radius 1 is 1.25 bits per heavy atom. The molecule has 0 aliphatic heterocycles. The minimum atomic E-state index is -1.00. The lowest BCUT2D eigenvalue weighted by Crippen LogP contribution is -2.45. The van der Waals surface area contributed by atoms with E-state index in [1.54, 1.807) is 7.05 Å². The van der Waals surface area contributed by atoms with Gasteiger partial charge in [0, 0.05) is 19.3 Å². The van der Waals surface area contributed by atoms with Crippen LogP contribution in [-0.2, 0) is 4.79 Å². The van der Waals surface area contributed by atoms with Gasteiger partial charge >= 0.3 is 12.0 Å². The first-order valence-electron chi connectivity index (χ1n) is 6.63. The van der Waals surface area contributed by atoms with Crippen LogP contribution in [0.4, 0.5) is 10.5 Å². The second kappa shape index (κ2) is 6.93. The molecule has 110 valence electrons. The van der Waals surface area contributed by atoms with Crippen LogP contribution < -0.4 is 4.90 Å². The Labute approximate surface area is 119 Å². The molecule has 0 aromatic heterocycles. The number of hydrogen-bond acceptors (Lipinski definition) is 2. The molecule has 0 saturated heterocycles. The van der Waals surface area contributed by atoms with Gasteiger partial charge in [-0.1, -0.05) is 32.0 Å². The fraction of sp³-hybridized carbons (Fsp3) is 0.467. The normalized spacial score (nSPS) is 10.4. The number of carboxylic acids is 1. The highest BCUT2D eigenvalue weighted by atomic mass is 16.4. The number of hydrogen-bond donors (Lipinski definition) is 1. The molecule has 0 saturated carbocycles. The maximum atomic E-state index is 12.5. The molecule has 0 bridgehead atoms. The van der Waals surface area contributed by atoms with Crippen LogP contribution in [0, 0.1) is 12.8 Å². The van der Waals surface area contributed by atoms with Gasteiger partial charge in [-0.15, -0.1) is 0 Å². The Bertz CT molecular complexity index is 486. The highest BCUT2D eigenvalue weighted by Gasteiger charge is 2.22. The molecule has 0 fully saturated rings. The Balaban J connectivity index is 2.93. The average Bonchev–Trinajstić information content (AvgIpc) is 2.35. The summed E-state index contributed by atoms with van der Waals surface area (Å²) in [4.78, 5) is 26.2. The molecule has 0 heterocycles. The molecule has 1 aromatic rings. The minimum absolute atomic E-state index is 0.212. The van der Waals surface area contributed by atoms with Gasteiger partial charge in [-0.05, 0) is 24.5 Å². The Morgan fingerprint density at radius 2 is 1.85 bits per heavy atom. The highest BCUT2D eigenvalue weighted by molar-refractivity contribution is 5.93. The Morgan fingerprint density at radius 3 is 2.35 bits per heavy atom. The topological polar surface area (TPSA) is 60.9 Å². The van der Waals surface area contributed by atoms with E-state index >= 15 is 0 Å². The minimum Gasteiger partial charge on any atom is -0.480 e. The summed E-state index contributed by atoms with van der Waals surface area (Å²) in [5.41, 5.74) is 1.76. The largest absolute Gasteiger partial charge is 0.480 e. The fourth-order valence-corrected chi connectivity index (χ4v) is 2.07. The first kappa shape index (κ1) is 16.0. The summed E-state index contributed by atoms with van der Waals surface area (Å²) in [6, 6.07) is 7.23. The van der Waals surface area contributed by atoms with Crippen molar-refractivity contribution < 1.29 is 14.7 Å². The lowest BCUT2D eigenvalue weighted by atomic mass is 10.2. The van der Waals surface area contributed by atoms with E-state index in [1.807, 2.05) is 45.0 Å². The maximum Gasteiger partial charge on any atom is 0.324 e. The number of nitrogens with zero attached hydrogens (tertiary/aromatic N) is 2. The third-order valence-electron chi connectivity index (χ3n) is 2.95. The zero-order valence-corrected chi connectivity index (χ0v) is 12.5. The molecule has 2 amide bonds. The molecular weight excluding hydrogens is 256 g/mol. The summed E-state index contributed by atoms with van der Waals surface area (Å²) in [6.45, 7) is 5.96. The van der Waals surface area contributed by atoms with Crippen LogP contribution in [0.15, 0.2) is 24.3 Å². The number of urea groups is 1. The van der Waals surface area contributed by atoms with Crippen molar-refractivity contribution in [2.45, 2.75) is 20.8 Å². The van der Waals surface area contributed by atoms with E-state index in [4.69, 9.17) is 5.11 Å². The van der Waals surface area contributed by atoms with Crippen molar-refractivity contribution in [1.29, 1.82) is 0 Å². The smallest absolute Gasteiger partial charge is 0.324 e. The molecule has 0 aliphatic rings. The van der Waals surface area contributed by atoms with Crippen molar-refractivity contribution in [3.63, 3.8) is 0 Å². The number of carbonyl (C=O) groups is 2. The van der Waals surface area contributed by atoms with Crippen LogP contribution in [0.25, 0.3) is 0 Å². The molecule has 0 atom stereocenters. The third-order valence-corrected chi connectivity index (χ3v) is 2.95. The molecule has 20 heavy (non-hydrogen) atoms. The Kier molecular flexibility index (Phi) is 5.55. The lowest BCUT2D eigenvalue weighted by Gasteiger charge is -2.29. The molecule has 5 nitrogen and oxygen atoms in total. The third kappa shape index (κ3) is 4.26. The van der Waals surface area contributed by atoms with Gasteiger partial charge < -0.3 is 10.0 Å². The molecule has 1 aromatic carbocycles. The number of anilines is 1. The molecular formula is C15H22N2O3. The molecule has 0 radical (unpaired) electrons. The van der Waals surface area contributed by atoms with Crippen molar-refractivity contribution in [3.8, 4) is 0 Å². The number of carboxylic acid groups (broad SMARTS) is 1. The van der Waals surface area contributed by atoms with Crippen LogP contribution >= 0.6 is 0 Å². The van der Waals surface area contributed by atoms with E-state index < -0.39 is 5.97 Å². The van der Waals surface area contributed by atoms with Crippen LogP contribution in [0.2, 0.25) is 0 Å². The van der Waals surface area contributed by atoms with Crippen molar-refractivity contribution in [1.82, 2.24) is 4.90 Å². The van der Waals surface area contributed by atoms with E-state index in [9.17, 15) is 9.59 Å². The quantitative estimate of drug-likeness (QED) is 0.900. The van der Waals surface area contributed by atoms with Gasteiger partial charge in [-0.2, -0.15) is 0 Å². The first-order chi connectivity index (χ1) is 9.32. The summed E-state index contributed by atoms with van der Waals surface area (Å²) >= 11 is 0. The highest BCUT2D eigenvalue weighted by Crippen LogP contribution is 2.19. The van der Waals surface area contributed by atoms with Gasteiger partial charge in [0.15, 0.2) is 0 Å².